The third-order valence-electron chi connectivity index (χ3n) is 6.07. The smallest absolute Gasteiger partial charge is 0.0129 e. The van der Waals surface area contributed by atoms with Gasteiger partial charge in [0, 0.05) is 0 Å². The fourth-order valence-electron chi connectivity index (χ4n) is 4.57. The van der Waals surface area contributed by atoms with Crippen molar-refractivity contribution in [3.05, 3.63) is 57.7 Å². The molecule has 27 heavy (non-hydrogen) atoms. The van der Waals surface area contributed by atoms with Gasteiger partial charge in [-0.25, -0.2) is 0 Å². The molecule has 0 saturated heterocycles. The first-order valence-electron chi connectivity index (χ1n) is 11.1. The second-order valence-electron chi connectivity index (χ2n) is 10.4. The maximum atomic E-state index is 2.53. The first-order chi connectivity index (χ1) is 12.6. The number of hydrogen-bond donors (Lipinski definition) is 0. The largest absolute Gasteiger partial charge is 0.0696 e. The standard InChI is InChI=1S/C27H42/c1-9-22-18-20(14-16-24(22)26(3,4)5)12-11-13-21-15-17-25(27(6,7)8)23(10-2)19-21/h14,16,18-19H,9-13,15,17H2,1-8H3. The number of aryl methyl sites for hydroxylation is 2. The third kappa shape index (κ3) is 5.84. The van der Waals surface area contributed by atoms with Crippen molar-refractivity contribution in [2.45, 2.75) is 106 Å². The lowest BCUT2D eigenvalue weighted by molar-refractivity contribution is 0.470. The Morgan fingerprint density at radius 1 is 0.815 bits per heavy atom. The summed E-state index contributed by atoms with van der Waals surface area (Å²) in [6, 6.07) is 7.20. The molecule has 0 saturated carbocycles. The fourth-order valence-corrected chi connectivity index (χ4v) is 4.57. The molecule has 0 bridgehead atoms. The maximum absolute atomic E-state index is 2.53. The van der Waals surface area contributed by atoms with Crippen LogP contribution in [0.5, 0.6) is 0 Å². The number of hydrogen-bond acceptors (Lipinski definition) is 0. The average molecular weight is 367 g/mol. The van der Waals surface area contributed by atoms with E-state index >= 15 is 0 Å². The molecule has 0 aromatic heterocycles. The molecule has 0 amide bonds. The predicted molar refractivity (Wildman–Crippen MR) is 122 cm³/mol. The SMILES string of the molecule is CCC1=C(C(C)(C)C)CCC(CCCc2ccc(C(C)(C)C)c(CC)c2)=C1. The van der Waals surface area contributed by atoms with Crippen LogP contribution in [0, 0.1) is 5.41 Å². The van der Waals surface area contributed by atoms with Crippen LogP contribution >= 0.6 is 0 Å². The molecule has 0 N–H and O–H groups in total. The molecule has 2 rings (SSSR count). The molecule has 1 aromatic carbocycles. The van der Waals surface area contributed by atoms with Gasteiger partial charge in [0.15, 0.2) is 0 Å². The van der Waals surface area contributed by atoms with E-state index in [0.29, 0.717) is 5.41 Å². The topological polar surface area (TPSA) is 0 Å². The summed E-state index contributed by atoms with van der Waals surface area (Å²) in [6.45, 7) is 18.6. The van der Waals surface area contributed by atoms with Gasteiger partial charge in [0.05, 0.1) is 0 Å². The van der Waals surface area contributed by atoms with Crippen molar-refractivity contribution < 1.29 is 0 Å². The van der Waals surface area contributed by atoms with E-state index in [1.165, 1.54) is 55.2 Å². The Bertz CT molecular complexity index is 699. The number of allylic oxidation sites excluding steroid dienone is 4. The Morgan fingerprint density at radius 2 is 1.52 bits per heavy atom. The summed E-state index contributed by atoms with van der Waals surface area (Å²) < 4.78 is 0. The van der Waals surface area contributed by atoms with Gasteiger partial charge in [-0.3, -0.25) is 0 Å². The Morgan fingerprint density at radius 3 is 2.07 bits per heavy atom. The van der Waals surface area contributed by atoms with Gasteiger partial charge in [0.2, 0.25) is 0 Å². The summed E-state index contributed by atoms with van der Waals surface area (Å²) in [6.07, 6.45) is 11.1. The summed E-state index contributed by atoms with van der Waals surface area (Å²) in [7, 11) is 0. The first kappa shape index (κ1) is 22.0. The molecule has 1 aliphatic carbocycles. The van der Waals surface area contributed by atoms with Gasteiger partial charge in [-0.05, 0) is 78.0 Å². The van der Waals surface area contributed by atoms with Crippen molar-refractivity contribution in [2.24, 2.45) is 5.41 Å². The molecule has 0 atom stereocenters. The molecule has 150 valence electrons. The van der Waals surface area contributed by atoms with E-state index < -0.39 is 0 Å². The van der Waals surface area contributed by atoms with Gasteiger partial charge < -0.3 is 0 Å². The molecule has 1 aliphatic rings. The Kier molecular flexibility index (Phi) is 7.17. The fraction of sp³-hybridized carbons (Fsp3) is 0.630. The second-order valence-corrected chi connectivity index (χ2v) is 10.4. The normalized spacial score (nSPS) is 15.9. The minimum Gasteiger partial charge on any atom is -0.0696 e. The lowest BCUT2D eigenvalue weighted by atomic mass is 9.76. The van der Waals surface area contributed by atoms with Crippen molar-refractivity contribution in [1.29, 1.82) is 0 Å². The lowest BCUT2D eigenvalue weighted by Crippen LogP contribution is -2.15. The van der Waals surface area contributed by atoms with Crippen LogP contribution in [-0.4, -0.2) is 0 Å². The second kappa shape index (κ2) is 8.80. The highest BCUT2D eigenvalue weighted by molar-refractivity contribution is 5.38. The lowest BCUT2D eigenvalue weighted by Gasteiger charge is -2.30. The summed E-state index contributed by atoms with van der Waals surface area (Å²) in [5.74, 6) is 0. The van der Waals surface area contributed by atoms with Crippen LogP contribution in [0.25, 0.3) is 0 Å². The van der Waals surface area contributed by atoms with Crippen LogP contribution < -0.4 is 0 Å². The van der Waals surface area contributed by atoms with Gasteiger partial charge in [0.25, 0.3) is 0 Å². The van der Waals surface area contributed by atoms with Crippen LogP contribution in [0.3, 0.4) is 0 Å². The molecule has 0 heterocycles. The first-order valence-corrected chi connectivity index (χ1v) is 11.1. The van der Waals surface area contributed by atoms with Gasteiger partial charge in [-0.2, -0.15) is 0 Å². The summed E-state index contributed by atoms with van der Waals surface area (Å²) in [5, 5.41) is 0. The van der Waals surface area contributed by atoms with E-state index in [4.69, 9.17) is 0 Å². The van der Waals surface area contributed by atoms with Gasteiger partial charge in [-0.15, -0.1) is 0 Å². The molecule has 0 aliphatic heterocycles. The minimum atomic E-state index is 0.241. The highest BCUT2D eigenvalue weighted by atomic mass is 14.3. The Hall–Kier alpha value is -1.30. The maximum Gasteiger partial charge on any atom is -0.0129 e. The third-order valence-corrected chi connectivity index (χ3v) is 6.07. The monoisotopic (exact) mass is 366 g/mol. The Balaban J connectivity index is 2.03. The molecule has 0 heteroatoms. The van der Waals surface area contributed by atoms with E-state index in [2.05, 4.69) is 79.7 Å². The summed E-state index contributed by atoms with van der Waals surface area (Å²) in [5.41, 5.74) is 10.1. The highest BCUT2D eigenvalue weighted by Crippen LogP contribution is 2.38. The van der Waals surface area contributed by atoms with Crippen molar-refractivity contribution >= 4 is 0 Å². The van der Waals surface area contributed by atoms with Crippen molar-refractivity contribution in [3.8, 4) is 0 Å². The predicted octanol–water partition coefficient (Wildman–Crippen LogP) is 8.34. The summed E-state index contributed by atoms with van der Waals surface area (Å²) >= 11 is 0. The number of benzene rings is 1. The van der Waals surface area contributed by atoms with Crippen LogP contribution in [-0.2, 0) is 18.3 Å². The average Bonchev–Trinajstić information content (AvgIpc) is 2.59. The van der Waals surface area contributed by atoms with Gasteiger partial charge in [-0.1, -0.05) is 90.8 Å². The zero-order valence-electron chi connectivity index (χ0n) is 19.3. The molecular formula is C27H42. The zero-order valence-corrected chi connectivity index (χ0v) is 19.3. The van der Waals surface area contributed by atoms with Crippen LogP contribution in [0.4, 0.5) is 0 Å². The summed E-state index contributed by atoms with van der Waals surface area (Å²) in [4.78, 5) is 0. The molecule has 1 aromatic rings. The molecule has 0 radical (unpaired) electrons. The van der Waals surface area contributed by atoms with Crippen molar-refractivity contribution in [1.82, 2.24) is 0 Å². The van der Waals surface area contributed by atoms with Gasteiger partial charge in [0.1, 0.15) is 0 Å². The van der Waals surface area contributed by atoms with E-state index in [-0.39, 0.29) is 5.41 Å². The highest BCUT2D eigenvalue weighted by Gasteiger charge is 2.23. The molecular weight excluding hydrogens is 324 g/mol. The van der Waals surface area contributed by atoms with E-state index in [1.807, 2.05) is 0 Å². The Labute approximate surface area is 169 Å². The quantitative estimate of drug-likeness (QED) is 0.474. The minimum absolute atomic E-state index is 0.241. The molecule has 0 spiro atoms. The van der Waals surface area contributed by atoms with Crippen molar-refractivity contribution in [2.75, 3.05) is 0 Å². The molecule has 0 unspecified atom stereocenters. The number of rotatable bonds is 6. The van der Waals surface area contributed by atoms with E-state index in [9.17, 15) is 0 Å². The zero-order chi connectivity index (χ0) is 20.2. The van der Waals surface area contributed by atoms with Crippen molar-refractivity contribution in [3.63, 3.8) is 0 Å². The van der Waals surface area contributed by atoms with Crippen LogP contribution in [0.15, 0.2) is 41.0 Å². The van der Waals surface area contributed by atoms with Crippen LogP contribution in [0.1, 0.15) is 104 Å². The van der Waals surface area contributed by atoms with Crippen LogP contribution in [0.2, 0.25) is 0 Å². The van der Waals surface area contributed by atoms with Gasteiger partial charge >= 0.3 is 0 Å². The van der Waals surface area contributed by atoms with E-state index in [0.717, 1.165) is 6.42 Å². The molecule has 0 nitrogen and oxygen atoms in total. The van der Waals surface area contributed by atoms with E-state index in [1.54, 1.807) is 16.7 Å². The molecule has 0 fully saturated rings.